The monoisotopic (exact) mass is 283 g/mol. The average Bonchev–Trinajstić information content (AvgIpc) is 2.61. The van der Waals surface area contributed by atoms with E-state index >= 15 is 0 Å². The van der Waals surface area contributed by atoms with Crippen LogP contribution < -0.4 is 11.1 Å². The summed E-state index contributed by atoms with van der Waals surface area (Å²) in [5.41, 5.74) is 6.05. The van der Waals surface area contributed by atoms with E-state index in [1.807, 2.05) is 20.8 Å². The minimum atomic E-state index is -0.528. The van der Waals surface area contributed by atoms with E-state index in [9.17, 15) is 4.39 Å². The molecule has 0 fully saturated rings. The van der Waals surface area contributed by atoms with Crippen LogP contribution in [0.5, 0.6) is 0 Å². The van der Waals surface area contributed by atoms with Crippen molar-refractivity contribution in [3.8, 4) is 5.69 Å². The summed E-state index contributed by atoms with van der Waals surface area (Å²) in [5.74, 6) is 0.0354. The first kappa shape index (κ1) is 13.6. The van der Waals surface area contributed by atoms with E-state index in [4.69, 9.17) is 17.3 Å². The Kier molecular flexibility index (Phi) is 3.36. The van der Waals surface area contributed by atoms with Crippen LogP contribution in [0.15, 0.2) is 18.2 Å². The van der Waals surface area contributed by atoms with Gasteiger partial charge in [-0.1, -0.05) is 11.6 Å². The maximum atomic E-state index is 13.4. The van der Waals surface area contributed by atoms with Crippen LogP contribution >= 0.6 is 11.6 Å². The van der Waals surface area contributed by atoms with Gasteiger partial charge in [-0.3, -0.25) is 0 Å². The standard InChI is InChI=1S/C12H15ClFN5/c1-12(2,3)17-11-16-10(15)19(18-11)7-4-5-8(13)9(14)6-7/h4-6H,1-3H3,(H3,15,16,17,18). The zero-order chi connectivity index (χ0) is 14.2. The number of benzene rings is 1. The molecule has 2 aromatic rings. The van der Waals surface area contributed by atoms with Crippen molar-refractivity contribution >= 4 is 23.5 Å². The van der Waals surface area contributed by atoms with E-state index in [1.54, 1.807) is 6.07 Å². The molecule has 0 atom stereocenters. The van der Waals surface area contributed by atoms with E-state index < -0.39 is 5.82 Å². The lowest BCUT2D eigenvalue weighted by Crippen LogP contribution is -2.26. The summed E-state index contributed by atoms with van der Waals surface area (Å²) in [6.45, 7) is 5.93. The largest absolute Gasteiger partial charge is 0.368 e. The smallest absolute Gasteiger partial charge is 0.244 e. The van der Waals surface area contributed by atoms with Gasteiger partial charge < -0.3 is 11.1 Å². The summed E-state index contributed by atoms with van der Waals surface area (Å²) < 4.78 is 14.8. The van der Waals surface area contributed by atoms with Gasteiger partial charge in [0.25, 0.3) is 0 Å². The SMILES string of the molecule is CC(C)(C)Nc1nc(N)n(-c2ccc(Cl)c(F)c2)n1. The molecule has 102 valence electrons. The fraction of sp³-hybridized carbons (Fsp3) is 0.333. The molecule has 0 aliphatic rings. The number of nitrogens with zero attached hydrogens (tertiary/aromatic N) is 3. The third-order valence-corrected chi connectivity index (χ3v) is 2.57. The molecule has 0 spiro atoms. The van der Waals surface area contributed by atoms with Crippen molar-refractivity contribution in [2.75, 3.05) is 11.1 Å². The summed E-state index contributed by atoms with van der Waals surface area (Å²) in [6.07, 6.45) is 0. The van der Waals surface area contributed by atoms with Crippen molar-refractivity contribution < 1.29 is 4.39 Å². The molecule has 0 radical (unpaired) electrons. The molecule has 3 N–H and O–H groups in total. The first-order chi connectivity index (χ1) is 8.76. The molecule has 0 unspecified atom stereocenters. The highest BCUT2D eigenvalue weighted by Gasteiger charge is 2.15. The van der Waals surface area contributed by atoms with Gasteiger partial charge in [0.05, 0.1) is 10.7 Å². The molecule has 7 heteroatoms. The number of aromatic nitrogens is 3. The van der Waals surface area contributed by atoms with Crippen LogP contribution in [0.3, 0.4) is 0 Å². The lowest BCUT2D eigenvalue weighted by Gasteiger charge is -2.18. The summed E-state index contributed by atoms with van der Waals surface area (Å²) in [7, 11) is 0. The molecule has 0 aliphatic heterocycles. The molecule has 19 heavy (non-hydrogen) atoms. The highest BCUT2D eigenvalue weighted by Crippen LogP contribution is 2.21. The number of anilines is 2. The zero-order valence-electron chi connectivity index (χ0n) is 10.9. The quantitative estimate of drug-likeness (QED) is 0.889. The average molecular weight is 284 g/mol. The highest BCUT2D eigenvalue weighted by molar-refractivity contribution is 6.30. The third-order valence-electron chi connectivity index (χ3n) is 2.27. The Bertz CT molecular complexity index is 603. The van der Waals surface area contributed by atoms with Gasteiger partial charge in [-0.2, -0.15) is 9.67 Å². The van der Waals surface area contributed by atoms with Gasteiger partial charge in [-0.25, -0.2) is 4.39 Å². The summed E-state index contributed by atoms with van der Waals surface area (Å²) in [6, 6.07) is 4.33. The van der Waals surface area contributed by atoms with Crippen LogP contribution in [0.25, 0.3) is 5.69 Å². The third kappa shape index (κ3) is 3.14. The Labute approximate surface area is 115 Å². The van der Waals surface area contributed by atoms with E-state index in [2.05, 4.69) is 15.4 Å². The van der Waals surface area contributed by atoms with E-state index in [0.717, 1.165) is 0 Å². The zero-order valence-corrected chi connectivity index (χ0v) is 11.7. The van der Waals surface area contributed by atoms with Crippen molar-refractivity contribution in [2.24, 2.45) is 0 Å². The molecular formula is C12H15ClFN5. The van der Waals surface area contributed by atoms with Gasteiger partial charge in [0, 0.05) is 11.6 Å². The second-order valence-electron chi connectivity index (χ2n) is 5.18. The Morgan fingerprint density at radius 1 is 1.37 bits per heavy atom. The van der Waals surface area contributed by atoms with Crippen molar-refractivity contribution in [3.05, 3.63) is 29.0 Å². The maximum absolute atomic E-state index is 13.4. The Balaban J connectivity index is 2.37. The van der Waals surface area contributed by atoms with Gasteiger partial charge in [-0.05, 0) is 32.9 Å². The number of hydrogen-bond donors (Lipinski definition) is 2. The predicted octanol–water partition coefficient (Wildman–Crippen LogP) is 2.85. The second-order valence-corrected chi connectivity index (χ2v) is 5.59. The second kappa shape index (κ2) is 4.70. The van der Waals surface area contributed by atoms with Gasteiger partial charge in [-0.15, -0.1) is 5.10 Å². The number of rotatable bonds is 2. The lowest BCUT2D eigenvalue weighted by atomic mass is 10.1. The number of nitrogens with two attached hydrogens (primary N) is 1. The first-order valence-corrected chi connectivity index (χ1v) is 6.10. The van der Waals surface area contributed by atoms with Crippen LogP contribution in [0.4, 0.5) is 16.3 Å². The Hall–Kier alpha value is -1.82. The topological polar surface area (TPSA) is 68.8 Å². The van der Waals surface area contributed by atoms with E-state index in [0.29, 0.717) is 11.6 Å². The molecule has 0 saturated heterocycles. The van der Waals surface area contributed by atoms with Crippen LogP contribution in [-0.4, -0.2) is 20.3 Å². The van der Waals surface area contributed by atoms with Gasteiger partial charge in [0.2, 0.25) is 11.9 Å². The van der Waals surface area contributed by atoms with E-state index in [1.165, 1.54) is 16.8 Å². The molecule has 1 aromatic heterocycles. The van der Waals surface area contributed by atoms with Gasteiger partial charge in [0.15, 0.2) is 0 Å². The molecule has 0 saturated carbocycles. The minimum Gasteiger partial charge on any atom is -0.368 e. The summed E-state index contributed by atoms with van der Waals surface area (Å²) >= 11 is 5.64. The van der Waals surface area contributed by atoms with Crippen LogP contribution in [0.2, 0.25) is 5.02 Å². The van der Waals surface area contributed by atoms with Crippen LogP contribution in [0, 0.1) is 5.82 Å². The van der Waals surface area contributed by atoms with E-state index in [-0.39, 0.29) is 16.5 Å². The van der Waals surface area contributed by atoms with Gasteiger partial charge >= 0.3 is 0 Å². The summed E-state index contributed by atoms with van der Waals surface area (Å²) in [4.78, 5) is 4.09. The number of nitrogen functional groups attached to an aromatic ring is 1. The number of halogens is 2. The first-order valence-electron chi connectivity index (χ1n) is 5.72. The van der Waals surface area contributed by atoms with Crippen molar-refractivity contribution in [3.63, 3.8) is 0 Å². The highest BCUT2D eigenvalue weighted by atomic mass is 35.5. The Morgan fingerprint density at radius 3 is 2.63 bits per heavy atom. The molecule has 0 bridgehead atoms. The van der Waals surface area contributed by atoms with Crippen molar-refractivity contribution in [1.29, 1.82) is 0 Å². The lowest BCUT2D eigenvalue weighted by molar-refractivity contribution is 0.622. The van der Waals surface area contributed by atoms with Crippen molar-refractivity contribution in [2.45, 2.75) is 26.3 Å². The maximum Gasteiger partial charge on any atom is 0.244 e. The predicted molar refractivity (Wildman–Crippen MR) is 74.1 cm³/mol. The van der Waals surface area contributed by atoms with Crippen LogP contribution in [0.1, 0.15) is 20.8 Å². The number of hydrogen-bond acceptors (Lipinski definition) is 4. The normalized spacial score (nSPS) is 11.6. The molecule has 1 aromatic carbocycles. The number of nitrogens with one attached hydrogen (secondary N) is 1. The molecule has 1 heterocycles. The molecule has 2 rings (SSSR count). The van der Waals surface area contributed by atoms with Crippen LogP contribution in [-0.2, 0) is 0 Å². The molecule has 5 nitrogen and oxygen atoms in total. The molecule has 0 amide bonds. The van der Waals surface area contributed by atoms with Gasteiger partial charge in [0.1, 0.15) is 5.82 Å². The van der Waals surface area contributed by atoms with Crippen molar-refractivity contribution in [1.82, 2.24) is 14.8 Å². The summed E-state index contributed by atoms with van der Waals surface area (Å²) in [5, 5.41) is 7.34. The molecular weight excluding hydrogens is 269 g/mol. The fourth-order valence-electron chi connectivity index (χ4n) is 1.52. The minimum absolute atomic E-state index is 0.0514. The fourth-order valence-corrected chi connectivity index (χ4v) is 1.64. The Morgan fingerprint density at radius 2 is 2.05 bits per heavy atom. The molecule has 0 aliphatic carbocycles.